The van der Waals surface area contributed by atoms with Crippen molar-refractivity contribution in [2.45, 2.75) is 89.3 Å². The molecule has 0 saturated heterocycles. The summed E-state index contributed by atoms with van der Waals surface area (Å²) in [5.74, 6) is -1.47. The smallest absolute Gasteiger partial charge is 0.331 e. The summed E-state index contributed by atoms with van der Waals surface area (Å²) in [7, 11) is 0. The normalized spacial score (nSPS) is 18.0. The van der Waals surface area contributed by atoms with Crippen LogP contribution in [0.1, 0.15) is 76.7 Å². The second kappa shape index (κ2) is 9.24. The van der Waals surface area contributed by atoms with Crippen LogP contribution in [0.5, 0.6) is 0 Å². The van der Waals surface area contributed by atoms with Crippen molar-refractivity contribution in [1.82, 2.24) is 9.13 Å². The molecule has 0 aliphatic heterocycles. The van der Waals surface area contributed by atoms with Crippen molar-refractivity contribution in [3.05, 3.63) is 38.8 Å². The van der Waals surface area contributed by atoms with Crippen LogP contribution in [0.2, 0.25) is 0 Å². The molecule has 4 rings (SSSR count). The Balaban J connectivity index is 1.81. The van der Waals surface area contributed by atoms with Crippen LogP contribution in [0.4, 0.5) is 10.1 Å². The molecule has 2 aliphatic rings. The summed E-state index contributed by atoms with van der Waals surface area (Å²) in [5.41, 5.74) is -0.169. The quantitative estimate of drug-likeness (QED) is 0.691. The molecule has 0 spiro atoms. The minimum atomic E-state index is -0.977. The summed E-state index contributed by atoms with van der Waals surface area (Å²) in [4.78, 5) is 37.2. The third-order valence-corrected chi connectivity index (χ3v) is 6.68. The van der Waals surface area contributed by atoms with Crippen LogP contribution in [-0.4, -0.2) is 26.3 Å². The van der Waals surface area contributed by atoms with E-state index in [1.54, 1.807) is 10.6 Å². The molecule has 0 amide bonds. The largest absolute Gasteiger partial charge is 0.481 e. The van der Waals surface area contributed by atoms with E-state index in [1.807, 2.05) is 0 Å². The van der Waals surface area contributed by atoms with Gasteiger partial charge < -0.3 is 10.4 Å². The molecule has 31 heavy (non-hydrogen) atoms. The first-order chi connectivity index (χ1) is 15.0. The summed E-state index contributed by atoms with van der Waals surface area (Å²) in [6.07, 6.45) is 9.11. The first-order valence-electron chi connectivity index (χ1n) is 11.4. The van der Waals surface area contributed by atoms with Gasteiger partial charge in [0.15, 0.2) is 0 Å². The fourth-order valence-corrected chi connectivity index (χ4v) is 5.08. The van der Waals surface area contributed by atoms with Gasteiger partial charge in [0.1, 0.15) is 5.82 Å². The number of hydrogen-bond acceptors (Lipinski definition) is 4. The Labute approximate surface area is 179 Å². The summed E-state index contributed by atoms with van der Waals surface area (Å²) >= 11 is 0. The van der Waals surface area contributed by atoms with Crippen molar-refractivity contribution < 1.29 is 14.3 Å². The molecule has 0 radical (unpaired) electrons. The van der Waals surface area contributed by atoms with Gasteiger partial charge in [-0.2, -0.15) is 0 Å². The molecule has 168 valence electrons. The molecule has 1 aromatic carbocycles. The highest BCUT2D eigenvalue weighted by molar-refractivity contribution is 5.82. The lowest BCUT2D eigenvalue weighted by atomic mass is 9.95. The van der Waals surface area contributed by atoms with Crippen molar-refractivity contribution in [3.63, 3.8) is 0 Å². The highest BCUT2D eigenvalue weighted by Crippen LogP contribution is 2.32. The fraction of sp³-hybridized carbons (Fsp3) is 0.609. The number of aliphatic carboxylic acids is 1. The fourth-order valence-electron chi connectivity index (χ4n) is 5.08. The van der Waals surface area contributed by atoms with Crippen molar-refractivity contribution in [2.75, 3.05) is 5.32 Å². The SMILES string of the molecule is O=C(O)CCCn1c(=O)c2cc(F)c(NC3CCCCC3)cc2n(C2CCCC2)c1=O. The Hall–Kier alpha value is -2.64. The van der Waals surface area contributed by atoms with E-state index in [4.69, 9.17) is 5.11 Å². The summed E-state index contributed by atoms with van der Waals surface area (Å²) in [6.45, 7) is 0.0102. The number of carbonyl (C=O) groups is 1. The van der Waals surface area contributed by atoms with Gasteiger partial charge in [0.2, 0.25) is 0 Å². The Bertz CT molecular complexity index is 1080. The molecule has 1 aromatic heterocycles. The minimum absolute atomic E-state index is 0.0102. The maximum absolute atomic E-state index is 15.0. The lowest BCUT2D eigenvalue weighted by Crippen LogP contribution is -2.41. The van der Waals surface area contributed by atoms with Gasteiger partial charge in [-0.25, -0.2) is 9.18 Å². The van der Waals surface area contributed by atoms with Crippen LogP contribution in [0.15, 0.2) is 21.7 Å². The van der Waals surface area contributed by atoms with Gasteiger partial charge in [-0.05, 0) is 44.2 Å². The van der Waals surface area contributed by atoms with Crippen molar-refractivity contribution in [2.24, 2.45) is 0 Å². The average Bonchev–Trinajstić information content (AvgIpc) is 3.27. The number of hydrogen-bond donors (Lipinski definition) is 2. The van der Waals surface area contributed by atoms with E-state index in [1.165, 1.54) is 12.5 Å². The van der Waals surface area contributed by atoms with E-state index in [-0.39, 0.29) is 36.9 Å². The molecule has 8 heteroatoms. The van der Waals surface area contributed by atoms with Gasteiger partial charge in [-0.15, -0.1) is 0 Å². The number of rotatable bonds is 7. The number of halogens is 1. The maximum Gasteiger partial charge on any atom is 0.331 e. The van der Waals surface area contributed by atoms with E-state index >= 15 is 0 Å². The van der Waals surface area contributed by atoms with Crippen LogP contribution in [-0.2, 0) is 11.3 Å². The summed E-state index contributed by atoms with van der Waals surface area (Å²) < 4.78 is 17.7. The third kappa shape index (κ3) is 4.52. The second-order valence-corrected chi connectivity index (χ2v) is 8.87. The van der Waals surface area contributed by atoms with Gasteiger partial charge in [-0.1, -0.05) is 32.1 Å². The van der Waals surface area contributed by atoms with E-state index < -0.39 is 23.0 Å². The predicted octanol–water partition coefficient (Wildman–Crippen LogP) is 4.03. The topological polar surface area (TPSA) is 93.3 Å². The zero-order chi connectivity index (χ0) is 22.0. The minimum Gasteiger partial charge on any atom is -0.481 e. The average molecular weight is 432 g/mol. The molecule has 1 heterocycles. The number of anilines is 1. The number of nitrogens with one attached hydrogen (secondary N) is 1. The lowest BCUT2D eigenvalue weighted by molar-refractivity contribution is -0.137. The number of nitrogens with zero attached hydrogens (tertiary/aromatic N) is 2. The van der Waals surface area contributed by atoms with E-state index in [0.717, 1.165) is 55.9 Å². The van der Waals surface area contributed by atoms with E-state index in [2.05, 4.69) is 5.32 Å². The predicted molar refractivity (Wildman–Crippen MR) is 117 cm³/mol. The van der Waals surface area contributed by atoms with E-state index in [9.17, 15) is 18.8 Å². The standard InChI is InChI=1S/C23H30FN3O4/c24-18-13-17-20(14-19(18)25-15-7-2-1-3-8-15)27(16-9-4-5-10-16)23(31)26(22(17)30)12-6-11-21(28)29/h13-16,25H,1-12H2,(H,28,29). The molecule has 2 aromatic rings. The van der Waals surface area contributed by atoms with Gasteiger partial charge >= 0.3 is 11.7 Å². The molecule has 0 atom stereocenters. The number of carboxylic acids is 1. The van der Waals surface area contributed by atoms with Gasteiger partial charge in [0, 0.05) is 25.0 Å². The van der Waals surface area contributed by atoms with Crippen LogP contribution in [0.25, 0.3) is 10.9 Å². The maximum atomic E-state index is 15.0. The molecule has 0 bridgehead atoms. The third-order valence-electron chi connectivity index (χ3n) is 6.68. The molecule has 2 saturated carbocycles. The number of aromatic nitrogens is 2. The monoisotopic (exact) mass is 431 g/mol. The summed E-state index contributed by atoms with van der Waals surface area (Å²) in [6, 6.07) is 3.03. The summed E-state index contributed by atoms with van der Waals surface area (Å²) in [5, 5.41) is 12.4. The Morgan fingerprint density at radius 2 is 1.74 bits per heavy atom. The van der Waals surface area contributed by atoms with Crippen LogP contribution >= 0.6 is 0 Å². The van der Waals surface area contributed by atoms with Crippen LogP contribution < -0.4 is 16.6 Å². The number of carboxylic acid groups (broad SMARTS) is 1. The van der Waals surface area contributed by atoms with E-state index in [0.29, 0.717) is 11.2 Å². The lowest BCUT2D eigenvalue weighted by Gasteiger charge is -2.25. The zero-order valence-electron chi connectivity index (χ0n) is 17.7. The Kier molecular flexibility index (Phi) is 6.43. The molecule has 2 fully saturated rings. The van der Waals surface area contributed by atoms with Crippen molar-refractivity contribution in [3.8, 4) is 0 Å². The number of fused-ring (bicyclic) bond motifs is 1. The van der Waals surface area contributed by atoms with Crippen molar-refractivity contribution >= 4 is 22.6 Å². The van der Waals surface area contributed by atoms with Gasteiger partial charge in [0.25, 0.3) is 5.56 Å². The molecule has 2 N–H and O–H groups in total. The van der Waals surface area contributed by atoms with Gasteiger partial charge in [0.05, 0.1) is 16.6 Å². The van der Waals surface area contributed by atoms with Crippen LogP contribution in [0, 0.1) is 5.82 Å². The molecule has 7 nitrogen and oxygen atoms in total. The van der Waals surface area contributed by atoms with Gasteiger partial charge in [-0.3, -0.25) is 18.7 Å². The first kappa shape index (κ1) is 21.6. The number of benzene rings is 1. The first-order valence-corrected chi connectivity index (χ1v) is 11.4. The molecular formula is C23H30FN3O4. The molecule has 0 unspecified atom stereocenters. The van der Waals surface area contributed by atoms with Crippen molar-refractivity contribution in [1.29, 1.82) is 0 Å². The highest BCUT2D eigenvalue weighted by atomic mass is 19.1. The molecule has 2 aliphatic carbocycles. The van der Waals surface area contributed by atoms with Crippen LogP contribution in [0.3, 0.4) is 0 Å². The molecular weight excluding hydrogens is 401 g/mol. The Morgan fingerprint density at radius 1 is 1.06 bits per heavy atom. The Morgan fingerprint density at radius 3 is 2.42 bits per heavy atom. The zero-order valence-corrected chi connectivity index (χ0v) is 17.7. The second-order valence-electron chi connectivity index (χ2n) is 8.87. The highest BCUT2D eigenvalue weighted by Gasteiger charge is 2.25.